The number of rotatable bonds is 3. The largest absolute Gasteiger partial charge is 0.476 e. The zero-order chi connectivity index (χ0) is 10.5. The molecule has 1 aromatic rings. The van der Waals surface area contributed by atoms with E-state index < -0.39 is 0 Å². The van der Waals surface area contributed by atoms with Crippen LogP contribution >= 0.6 is 0 Å². The van der Waals surface area contributed by atoms with Crippen LogP contribution < -0.4 is 10.5 Å². The number of nitrogen functional groups attached to an aromatic ring is 1. The highest BCUT2D eigenvalue weighted by Crippen LogP contribution is 2.20. The third-order valence-electron chi connectivity index (χ3n) is 2.60. The lowest BCUT2D eigenvalue weighted by Crippen LogP contribution is -2.21. The van der Waals surface area contributed by atoms with Gasteiger partial charge in [-0.1, -0.05) is 0 Å². The minimum Gasteiger partial charge on any atom is -0.476 e. The highest BCUT2D eigenvalue weighted by Gasteiger charge is 2.15. The van der Waals surface area contributed by atoms with E-state index in [-0.39, 0.29) is 0 Å². The molecule has 2 rings (SSSR count). The van der Waals surface area contributed by atoms with Gasteiger partial charge in [-0.2, -0.15) is 0 Å². The van der Waals surface area contributed by atoms with Gasteiger partial charge in [-0.05, 0) is 30.9 Å². The van der Waals surface area contributed by atoms with Crippen molar-refractivity contribution in [2.75, 3.05) is 25.6 Å². The highest BCUT2D eigenvalue weighted by atomic mass is 16.5. The van der Waals surface area contributed by atoms with Gasteiger partial charge in [-0.3, -0.25) is 0 Å². The van der Waals surface area contributed by atoms with Crippen LogP contribution in [0.15, 0.2) is 18.3 Å². The third-order valence-corrected chi connectivity index (χ3v) is 2.60. The normalized spacial score (nSPS) is 17.6. The number of anilines is 1. The van der Waals surface area contributed by atoms with Crippen molar-refractivity contribution in [1.29, 1.82) is 0 Å². The first-order valence-corrected chi connectivity index (χ1v) is 5.27. The second kappa shape index (κ2) is 4.98. The lowest BCUT2D eigenvalue weighted by molar-refractivity contribution is 0.0492. The molecule has 1 aromatic heterocycles. The van der Waals surface area contributed by atoms with Crippen LogP contribution in [0.1, 0.15) is 12.8 Å². The molecule has 0 unspecified atom stereocenters. The summed E-state index contributed by atoms with van der Waals surface area (Å²) in [4.78, 5) is 4.08. The van der Waals surface area contributed by atoms with Crippen LogP contribution in [-0.4, -0.2) is 24.8 Å². The van der Waals surface area contributed by atoms with Crippen LogP contribution in [0, 0.1) is 5.92 Å². The molecule has 0 atom stereocenters. The maximum atomic E-state index is 5.72. The van der Waals surface area contributed by atoms with Crippen LogP contribution in [-0.2, 0) is 4.74 Å². The number of nitrogens with two attached hydrogens (primary N) is 1. The molecule has 0 bridgehead atoms. The standard InChI is InChI=1S/C11H16N2O2/c12-10-2-1-5-13-11(10)15-8-9-3-6-14-7-4-9/h1-2,5,9H,3-4,6-8,12H2. The van der Waals surface area contributed by atoms with Gasteiger partial charge in [0.05, 0.1) is 12.3 Å². The molecule has 1 aliphatic rings. The highest BCUT2D eigenvalue weighted by molar-refractivity contribution is 5.46. The Morgan fingerprint density at radius 2 is 2.27 bits per heavy atom. The van der Waals surface area contributed by atoms with E-state index in [0.717, 1.165) is 26.1 Å². The fourth-order valence-corrected chi connectivity index (χ4v) is 1.63. The molecule has 1 aliphatic heterocycles. The summed E-state index contributed by atoms with van der Waals surface area (Å²) in [7, 11) is 0. The molecule has 1 fully saturated rings. The first kappa shape index (κ1) is 10.2. The van der Waals surface area contributed by atoms with Crippen LogP contribution in [0.5, 0.6) is 5.88 Å². The van der Waals surface area contributed by atoms with Gasteiger partial charge in [-0.15, -0.1) is 0 Å². The van der Waals surface area contributed by atoms with Gasteiger partial charge in [0.15, 0.2) is 0 Å². The minimum atomic E-state index is 0.545. The number of hydrogen-bond acceptors (Lipinski definition) is 4. The first-order valence-electron chi connectivity index (χ1n) is 5.27. The average Bonchev–Trinajstić information content (AvgIpc) is 2.29. The van der Waals surface area contributed by atoms with Crippen LogP contribution in [0.2, 0.25) is 0 Å². The average molecular weight is 208 g/mol. The van der Waals surface area contributed by atoms with Gasteiger partial charge in [0, 0.05) is 19.4 Å². The summed E-state index contributed by atoms with van der Waals surface area (Å²) in [5.74, 6) is 1.11. The summed E-state index contributed by atoms with van der Waals surface area (Å²) in [5.41, 5.74) is 6.33. The number of nitrogens with zero attached hydrogens (tertiary/aromatic N) is 1. The molecule has 15 heavy (non-hydrogen) atoms. The lowest BCUT2D eigenvalue weighted by atomic mass is 10.0. The predicted molar refractivity (Wildman–Crippen MR) is 57.7 cm³/mol. The number of aromatic nitrogens is 1. The summed E-state index contributed by atoms with van der Waals surface area (Å²) in [6, 6.07) is 3.60. The monoisotopic (exact) mass is 208 g/mol. The van der Waals surface area contributed by atoms with Gasteiger partial charge in [0.25, 0.3) is 0 Å². The van der Waals surface area contributed by atoms with Crippen LogP contribution in [0.4, 0.5) is 5.69 Å². The fraction of sp³-hybridized carbons (Fsp3) is 0.545. The van der Waals surface area contributed by atoms with Crippen molar-refractivity contribution >= 4 is 5.69 Å². The Kier molecular flexibility index (Phi) is 3.40. The first-order chi connectivity index (χ1) is 7.36. The quantitative estimate of drug-likeness (QED) is 0.817. The van der Waals surface area contributed by atoms with E-state index in [4.69, 9.17) is 15.2 Å². The molecule has 82 valence electrons. The Balaban J connectivity index is 1.84. The van der Waals surface area contributed by atoms with Crippen molar-refractivity contribution in [3.05, 3.63) is 18.3 Å². The third kappa shape index (κ3) is 2.83. The van der Waals surface area contributed by atoms with E-state index in [2.05, 4.69) is 4.98 Å². The summed E-state index contributed by atoms with van der Waals surface area (Å²) in [5, 5.41) is 0. The summed E-state index contributed by atoms with van der Waals surface area (Å²) in [6.07, 6.45) is 3.81. The molecule has 0 aromatic carbocycles. The second-order valence-electron chi connectivity index (χ2n) is 3.76. The Bertz CT molecular complexity index is 311. The van der Waals surface area contributed by atoms with Crippen LogP contribution in [0.3, 0.4) is 0 Å². The van der Waals surface area contributed by atoms with Crippen molar-refractivity contribution in [2.24, 2.45) is 5.92 Å². The van der Waals surface area contributed by atoms with Gasteiger partial charge < -0.3 is 15.2 Å². The molecule has 0 saturated carbocycles. The summed E-state index contributed by atoms with van der Waals surface area (Å²) in [6.45, 7) is 2.36. The molecule has 1 saturated heterocycles. The van der Waals surface area contributed by atoms with E-state index in [9.17, 15) is 0 Å². The zero-order valence-corrected chi connectivity index (χ0v) is 8.69. The molecule has 0 spiro atoms. The Morgan fingerprint density at radius 3 is 3.00 bits per heavy atom. The number of ether oxygens (including phenoxy) is 2. The van der Waals surface area contributed by atoms with Gasteiger partial charge in [0.1, 0.15) is 0 Å². The van der Waals surface area contributed by atoms with E-state index in [1.54, 1.807) is 18.3 Å². The summed E-state index contributed by atoms with van der Waals surface area (Å²) >= 11 is 0. The zero-order valence-electron chi connectivity index (χ0n) is 8.69. The predicted octanol–water partition coefficient (Wildman–Crippen LogP) is 1.47. The second-order valence-corrected chi connectivity index (χ2v) is 3.76. The molecular formula is C11H16N2O2. The van der Waals surface area contributed by atoms with Crippen molar-refractivity contribution in [3.8, 4) is 5.88 Å². The van der Waals surface area contributed by atoms with Crippen molar-refractivity contribution in [1.82, 2.24) is 4.98 Å². The molecule has 4 heteroatoms. The topological polar surface area (TPSA) is 57.4 Å². The molecule has 2 N–H and O–H groups in total. The van der Waals surface area contributed by atoms with Gasteiger partial charge >= 0.3 is 0 Å². The molecule has 0 amide bonds. The molecular weight excluding hydrogens is 192 g/mol. The van der Waals surface area contributed by atoms with Gasteiger partial charge in [0.2, 0.25) is 5.88 Å². The maximum Gasteiger partial charge on any atom is 0.237 e. The van der Waals surface area contributed by atoms with Crippen molar-refractivity contribution in [2.45, 2.75) is 12.8 Å². The van der Waals surface area contributed by atoms with E-state index in [1.807, 2.05) is 0 Å². The van der Waals surface area contributed by atoms with E-state index in [1.165, 1.54) is 0 Å². The van der Waals surface area contributed by atoms with Crippen molar-refractivity contribution < 1.29 is 9.47 Å². The minimum absolute atomic E-state index is 0.545. The Labute approximate surface area is 89.4 Å². The smallest absolute Gasteiger partial charge is 0.237 e. The Morgan fingerprint density at radius 1 is 1.47 bits per heavy atom. The molecule has 0 aliphatic carbocycles. The fourth-order valence-electron chi connectivity index (χ4n) is 1.63. The van der Waals surface area contributed by atoms with E-state index in [0.29, 0.717) is 24.1 Å². The molecule has 4 nitrogen and oxygen atoms in total. The number of hydrogen-bond donors (Lipinski definition) is 1. The number of pyridine rings is 1. The van der Waals surface area contributed by atoms with Crippen LogP contribution in [0.25, 0.3) is 0 Å². The molecule has 2 heterocycles. The molecule has 0 radical (unpaired) electrons. The van der Waals surface area contributed by atoms with Crippen molar-refractivity contribution in [3.63, 3.8) is 0 Å². The lowest BCUT2D eigenvalue weighted by Gasteiger charge is -2.21. The van der Waals surface area contributed by atoms with Gasteiger partial charge in [-0.25, -0.2) is 4.98 Å². The summed E-state index contributed by atoms with van der Waals surface area (Å²) < 4.78 is 10.9. The maximum absolute atomic E-state index is 5.72. The van der Waals surface area contributed by atoms with E-state index >= 15 is 0 Å². The Hall–Kier alpha value is -1.29. The SMILES string of the molecule is Nc1cccnc1OCC1CCOCC1.